The van der Waals surface area contributed by atoms with E-state index in [0.29, 0.717) is 5.69 Å². The van der Waals surface area contributed by atoms with Gasteiger partial charge in [0.15, 0.2) is 0 Å². The van der Waals surface area contributed by atoms with Crippen molar-refractivity contribution in [3.8, 4) is 5.75 Å². The van der Waals surface area contributed by atoms with Crippen LogP contribution in [0.4, 0.5) is 5.69 Å². The second-order valence-corrected chi connectivity index (χ2v) is 5.05. The molecule has 0 aliphatic heterocycles. The highest BCUT2D eigenvalue weighted by molar-refractivity contribution is 5.54. The Bertz CT molecular complexity index is 540. The monoisotopic (exact) mass is 270 g/mol. The van der Waals surface area contributed by atoms with Crippen LogP contribution in [0.5, 0.6) is 5.75 Å². The Hall–Kier alpha value is -2.00. The van der Waals surface area contributed by atoms with Crippen molar-refractivity contribution in [1.82, 2.24) is 4.90 Å². The van der Waals surface area contributed by atoms with Crippen LogP contribution in [0.3, 0.4) is 0 Å². The third-order valence-corrected chi connectivity index (χ3v) is 3.37. The van der Waals surface area contributed by atoms with Gasteiger partial charge < -0.3 is 15.4 Å². The lowest BCUT2D eigenvalue weighted by Crippen LogP contribution is -2.20. The molecule has 2 aromatic rings. The van der Waals surface area contributed by atoms with Gasteiger partial charge in [0.2, 0.25) is 0 Å². The van der Waals surface area contributed by atoms with E-state index >= 15 is 0 Å². The van der Waals surface area contributed by atoms with Gasteiger partial charge in [-0.25, -0.2) is 0 Å². The number of likely N-dealkylation sites (N-methyl/N-ethyl adjacent to an activating group) is 1. The first-order valence-electron chi connectivity index (χ1n) is 6.84. The number of hydrogen-bond donors (Lipinski definition) is 1. The molecule has 0 unspecified atom stereocenters. The van der Waals surface area contributed by atoms with E-state index in [2.05, 4.69) is 42.3 Å². The Labute approximate surface area is 121 Å². The van der Waals surface area contributed by atoms with Gasteiger partial charge in [-0.15, -0.1) is 0 Å². The zero-order valence-corrected chi connectivity index (χ0v) is 12.2. The SMILES string of the molecule is COc1ccc(CCN(C)Cc2ccccc2)cc1N. The summed E-state index contributed by atoms with van der Waals surface area (Å²) in [6.45, 7) is 1.97. The van der Waals surface area contributed by atoms with Crippen LogP contribution in [-0.2, 0) is 13.0 Å². The molecule has 3 heteroatoms. The van der Waals surface area contributed by atoms with Gasteiger partial charge in [-0.05, 0) is 36.7 Å². The van der Waals surface area contributed by atoms with E-state index in [-0.39, 0.29) is 0 Å². The summed E-state index contributed by atoms with van der Waals surface area (Å²) in [7, 11) is 3.78. The Kier molecular flexibility index (Phi) is 5.02. The summed E-state index contributed by atoms with van der Waals surface area (Å²) in [5.41, 5.74) is 9.20. The van der Waals surface area contributed by atoms with Crippen molar-refractivity contribution in [3.63, 3.8) is 0 Å². The van der Waals surface area contributed by atoms with Crippen molar-refractivity contribution in [3.05, 3.63) is 59.7 Å². The minimum absolute atomic E-state index is 0.704. The van der Waals surface area contributed by atoms with Crippen molar-refractivity contribution in [2.24, 2.45) is 0 Å². The van der Waals surface area contributed by atoms with Gasteiger partial charge in [-0.2, -0.15) is 0 Å². The molecule has 0 saturated carbocycles. The summed E-state index contributed by atoms with van der Waals surface area (Å²) in [6, 6.07) is 16.5. The first-order chi connectivity index (χ1) is 9.69. The summed E-state index contributed by atoms with van der Waals surface area (Å²) in [4.78, 5) is 2.32. The molecule has 3 nitrogen and oxygen atoms in total. The summed E-state index contributed by atoms with van der Waals surface area (Å²) in [5, 5.41) is 0. The number of methoxy groups -OCH3 is 1. The highest BCUT2D eigenvalue weighted by Crippen LogP contribution is 2.22. The largest absolute Gasteiger partial charge is 0.495 e. The Morgan fingerprint density at radius 3 is 2.45 bits per heavy atom. The lowest BCUT2D eigenvalue weighted by atomic mass is 10.1. The first-order valence-corrected chi connectivity index (χ1v) is 6.84. The molecule has 106 valence electrons. The van der Waals surface area contributed by atoms with Gasteiger partial charge in [-0.1, -0.05) is 36.4 Å². The van der Waals surface area contributed by atoms with Gasteiger partial charge in [-0.3, -0.25) is 0 Å². The van der Waals surface area contributed by atoms with Gasteiger partial charge in [0, 0.05) is 13.1 Å². The molecule has 0 fully saturated rings. The van der Waals surface area contributed by atoms with Gasteiger partial charge in [0.05, 0.1) is 12.8 Å². The molecule has 20 heavy (non-hydrogen) atoms. The predicted molar refractivity (Wildman–Crippen MR) is 83.9 cm³/mol. The fraction of sp³-hybridized carbons (Fsp3) is 0.294. The van der Waals surface area contributed by atoms with Crippen LogP contribution in [0.1, 0.15) is 11.1 Å². The second-order valence-electron chi connectivity index (χ2n) is 5.05. The van der Waals surface area contributed by atoms with E-state index < -0.39 is 0 Å². The summed E-state index contributed by atoms with van der Waals surface area (Å²) in [6.07, 6.45) is 0.984. The van der Waals surface area contributed by atoms with Crippen LogP contribution >= 0.6 is 0 Å². The van der Waals surface area contributed by atoms with Gasteiger partial charge >= 0.3 is 0 Å². The molecule has 0 radical (unpaired) electrons. The third kappa shape index (κ3) is 4.00. The maximum atomic E-state index is 5.92. The number of nitrogen functional groups attached to an aromatic ring is 1. The zero-order chi connectivity index (χ0) is 14.4. The van der Waals surface area contributed by atoms with Crippen molar-refractivity contribution < 1.29 is 4.74 Å². The van der Waals surface area contributed by atoms with Crippen molar-refractivity contribution in [2.75, 3.05) is 26.4 Å². The smallest absolute Gasteiger partial charge is 0.141 e. The Morgan fingerprint density at radius 1 is 1.05 bits per heavy atom. The standard InChI is InChI=1S/C17H22N2O/c1-19(13-15-6-4-3-5-7-15)11-10-14-8-9-17(20-2)16(18)12-14/h3-9,12H,10-11,13,18H2,1-2H3. The van der Waals surface area contributed by atoms with Crippen LogP contribution in [0.2, 0.25) is 0 Å². The molecule has 0 aliphatic rings. The second kappa shape index (κ2) is 6.96. The van der Waals surface area contributed by atoms with Crippen molar-refractivity contribution in [2.45, 2.75) is 13.0 Å². The minimum Gasteiger partial charge on any atom is -0.495 e. The third-order valence-electron chi connectivity index (χ3n) is 3.37. The van der Waals surface area contributed by atoms with E-state index in [4.69, 9.17) is 10.5 Å². The van der Waals surface area contributed by atoms with E-state index in [1.54, 1.807) is 7.11 Å². The predicted octanol–water partition coefficient (Wildman–Crippen LogP) is 2.95. The number of benzene rings is 2. The van der Waals surface area contributed by atoms with Crippen LogP contribution in [-0.4, -0.2) is 25.6 Å². The van der Waals surface area contributed by atoms with E-state index in [1.807, 2.05) is 18.2 Å². The van der Waals surface area contributed by atoms with Gasteiger partial charge in [0.1, 0.15) is 5.75 Å². The highest BCUT2D eigenvalue weighted by Gasteiger charge is 2.03. The molecule has 0 saturated heterocycles. The zero-order valence-electron chi connectivity index (χ0n) is 12.2. The number of hydrogen-bond acceptors (Lipinski definition) is 3. The lowest BCUT2D eigenvalue weighted by Gasteiger charge is -2.17. The average molecular weight is 270 g/mol. The molecule has 2 aromatic carbocycles. The topological polar surface area (TPSA) is 38.5 Å². The molecule has 0 aliphatic carbocycles. The van der Waals surface area contributed by atoms with Crippen LogP contribution in [0, 0.1) is 0 Å². The van der Waals surface area contributed by atoms with E-state index in [9.17, 15) is 0 Å². The number of ether oxygens (including phenoxy) is 1. The lowest BCUT2D eigenvalue weighted by molar-refractivity contribution is 0.331. The molecular formula is C17H22N2O. The maximum Gasteiger partial charge on any atom is 0.141 e. The number of rotatable bonds is 6. The normalized spacial score (nSPS) is 10.8. The molecule has 2 N–H and O–H groups in total. The molecule has 0 atom stereocenters. The molecular weight excluding hydrogens is 248 g/mol. The van der Waals surface area contributed by atoms with Crippen molar-refractivity contribution >= 4 is 5.69 Å². The van der Waals surface area contributed by atoms with Gasteiger partial charge in [0.25, 0.3) is 0 Å². The van der Waals surface area contributed by atoms with Crippen LogP contribution < -0.4 is 10.5 Å². The van der Waals surface area contributed by atoms with Crippen molar-refractivity contribution in [1.29, 1.82) is 0 Å². The molecule has 0 amide bonds. The average Bonchev–Trinajstić information content (AvgIpc) is 2.46. The molecule has 0 spiro atoms. The number of nitrogens with two attached hydrogens (primary N) is 1. The van der Waals surface area contributed by atoms with Crippen LogP contribution in [0.15, 0.2) is 48.5 Å². The molecule has 2 rings (SSSR count). The van der Waals surface area contributed by atoms with E-state index in [0.717, 1.165) is 25.3 Å². The summed E-state index contributed by atoms with van der Waals surface area (Å²) < 4.78 is 5.17. The number of anilines is 1. The van der Waals surface area contributed by atoms with E-state index in [1.165, 1.54) is 11.1 Å². The highest BCUT2D eigenvalue weighted by atomic mass is 16.5. The quantitative estimate of drug-likeness (QED) is 0.820. The fourth-order valence-electron chi connectivity index (χ4n) is 2.23. The molecule has 0 bridgehead atoms. The fourth-order valence-corrected chi connectivity index (χ4v) is 2.23. The minimum atomic E-state index is 0.704. The molecule has 0 aromatic heterocycles. The number of nitrogens with zero attached hydrogens (tertiary/aromatic N) is 1. The Balaban J connectivity index is 1.87. The Morgan fingerprint density at radius 2 is 1.80 bits per heavy atom. The maximum absolute atomic E-state index is 5.92. The van der Waals surface area contributed by atoms with Crippen LogP contribution in [0.25, 0.3) is 0 Å². The first kappa shape index (κ1) is 14.4. The summed E-state index contributed by atoms with van der Waals surface area (Å²) in [5.74, 6) is 0.742. The summed E-state index contributed by atoms with van der Waals surface area (Å²) >= 11 is 0. The molecule has 0 heterocycles.